The van der Waals surface area contributed by atoms with E-state index >= 15 is 0 Å². The van der Waals surface area contributed by atoms with Gasteiger partial charge >= 0.3 is 0 Å². The van der Waals surface area contributed by atoms with Crippen LogP contribution in [-0.2, 0) is 0 Å². The van der Waals surface area contributed by atoms with Gasteiger partial charge in [0, 0.05) is 14.2 Å². The highest BCUT2D eigenvalue weighted by Crippen LogP contribution is 2.36. The van der Waals surface area contributed by atoms with Gasteiger partial charge in [-0.25, -0.2) is 0 Å². The van der Waals surface area contributed by atoms with Crippen LogP contribution in [0.1, 0.15) is 32.5 Å². The maximum Gasteiger partial charge on any atom is 0.0662 e. The first-order chi connectivity index (χ1) is 8.00. The Morgan fingerprint density at radius 2 is 1.76 bits per heavy atom. The molecule has 0 aliphatic rings. The lowest BCUT2D eigenvalue weighted by Crippen LogP contribution is -2.13. The first-order valence-electron chi connectivity index (χ1n) is 5.58. The van der Waals surface area contributed by atoms with Crippen LogP contribution in [0, 0.1) is 20.8 Å². The zero-order valence-corrected chi connectivity index (χ0v) is 12.7. The normalized spacial score (nSPS) is 12.8. The summed E-state index contributed by atoms with van der Waals surface area (Å²) in [5.41, 5.74) is 10.2. The average molecular weight is 310 g/mol. The van der Waals surface area contributed by atoms with Gasteiger partial charge in [-0.1, -0.05) is 18.2 Å². The molecule has 90 valence electrons. The van der Waals surface area contributed by atoms with Crippen molar-refractivity contribution in [2.45, 2.75) is 26.8 Å². The van der Waals surface area contributed by atoms with E-state index in [1.54, 1.807) is 11.3 Å². The van der Waals surface area contributed by atoms with Crippen molar-refractivity contribution in [3.05, 3.63) is 55.2 Å². The maximum absolute atomic E-state index is 6.41. The van der Waals surface area contributed by atoms with Gasteiger partial charge in [0.25, 0.3) is 0 Å². The number of rotatable bonds is 2. The highest BCUT2D eigenvalue weighted by Gasteiger charge is 2.18. The summed E-state index contributed by atoms with van der Waals surface area (Å²) >= 11 is 5.36. The van der Waals surface area contributed by atoms with Gasteiger partial charge in [0.2, 0.25) is 0 Å². The fourth-order valence-electron chi connectivity index (χ4n) is 2.16. The van der Waals surface area contributed by atoms with Crippen LogP contribution in [0.25, 0.3) is 0 Å². The molecule has 0 fully saturated rings. The van der Waals surface area contributed by atoms with Crippen molar-refractivity contribution in [1.82, 2.24) is 0 Å². The van der Waals surface area contributed by atoms with Crippen LogP contribution < -0.4 is 5.73 Å². The van der Waals surface area contributed by atoms with Crippen molar-refractivity contribution in [3.63, 3.8) is 0 Å². The Labute approximate surface area is 115 Å². The van der Waals surface area contributed by atoms with Crippen molar-refractivity contribution in [3.8, 4) is 0 Å². The minimum Gasteiger partial charge on any atom is -0.320 e. The van der Waals surface area contributed by atoms with Crippen molar-refractivity contribution in [1.29, 1.82) is 0 Å². The monoisotopic (exact) mass is 309 g/mol. The van der Waals surface area contributed by atoms with E-state index in [0.717, 1.165) is 4.47 Å². The maximum atomic E-state index is 6.41. The summed E-state index contributed by atoms with van der Waals surface area (Å²) in [5.74, 6) is 0. The topological polar surface area (TPSA) is 26.0 Å². The van der Waals surface area contributed by atoms with Gasteiger partial charge in [0.1, 0.15) is 0 Å². The first-order valence-corrected chi connectivity index (χ1v) is 7.19. The molecule has 1 atom stereocenters. The third-order valence-corrected chi connectivity index (χ3v) is 5.02. The Morgan fingerprint density at radius 3 is 2.24 bits per heavy atom. The van der Waals surface area contributed by atoms with Crippen LogP contribution in [0.3, 0.4) is 0 Å². The minimum atomic E-state index is -0.0377. The van der Waals surface area contributed by atoms with Gasteiger partial charge in [-0.3, -0.25) is 0 Å². The van der Waals surface area contributed by atoms with Crippen molar-refractivity contribution >= 4 is 27.3 Å². The van der Waals surface area contributed by atoms with Gasteiger partial charge in [0.05, 0.1) is 6.04 Å². The standard InChI is InChI=1S/C14H16BrNS/c1-8-5-4-6-9(2)12(8)13(16)14-11(15)7-10(3)17-14/h4-7,13H,16H2,1-3H3. The van der Waals surface area contributed by atoms with E-state index in [0.29, 0.717) is 0 Å². The average Bonchev–Trinajstić information content (AvgIpc) is 2.57. The van der Waals surface area contributed by atoms with Crippen molar-refractivity contribution in [2.24, 2.45) is 5.73 Å². The molecule has 0 radical (unpaired) electrons. The molecule has 0 spiro atoms. The van der Waals surface area contributed by atoms with Crippen LogP contribution in [0.4, 0.5) is 0 Å². The molecule has 17 heavy (non-hydrogen) atoms. The minimum absolute atomic E-state index is 0.0377. The molecule has 0 aliphatic heterocycles. The Balaban J connectivity index is 2.51. The molecule has 1 aromatic carbocycles. The largest absolute Gasteiger partial charge is 0.320 e. The van der Waals surface area contributed by atoms with E-state index in [-0.39, 0.29) is 6.04 Å². The number of nitrogens with two attached hydrogens (primary N) is 1. The smallest absolute Gasteiger partial charge is 0.0662 e. The Bertz CT molecular complexity index is 525. The second kappa shape index (κ2) is 4.92. The lowest BCUT2D eigenvalue weighted by molar-refractivity contribution is 0.867. The fourth-order valence-corrected chi connectivity index (χ4v) is 4.07. The van der Waals surface area contributed by atoms with Crippen LogP contribution in [0.15, 0.2) is 28.7 Å². The lowest BCUT2D eigenvalue weighted by atomic mass is 9.96. The second-order valence-electron chi connectivity index (χ2n) is 4.35. The van der Waals surface area contributed by atoms with Gasteiger partial charge < -0.3 is 5.73 Å². The summed E-state index contributed by atoms with van der Waals surface area (Å²) in [6, 6.07) is 8.42. The molecule has 1 heterocycles. The number of thiophene rings is 1. The van der Waals surface area contributed by atoms with E-state index in [9.17, 15) is 0 Å². The second-order valence-corrected chi connectivity index (χ2v) is 6.49. The predicted molar refractivity (Wildman–Crippen MR) is 78.7 cm³/mol. The van der Waals surface area contributed by atoms with E-state index in [1.807, 2.05) is 0 Å². The van der Waals surface area contributed by atoms with Crippen LogP contribution in [0.2, 0.25) is 0 Å². The highest BCUT2D eigenvalue weighted by molar-refractivity contribution is 9.10. The molecule has 0 saturated carbocycles. The highest BCUT2D eigenvalue weighted by atomic mass is 79.9. The summed E-state index contributed by atoms with van der Waals surface area (Å²) in [4.78, 5) is 2.49. The third kappa shape index (κ3) is 2.46. The Hall–Kier alpha value is -0.640. The van der Waals surface area contributed by atoms with Gasteiger partial charge in [-0.2, -0.15) is 0 Å². The zero-order chi connectivity index (χ0) is 12.6. The number of hydrogen-bond acceptors (Lipinski definition) is 2. The summed E-state index contributed by atoms with van der Waals surface area (Å²) in [6.45, 7) is 6.35. The predicted octanol–water partition coefficient (Wildman–Crippen LogP) is 4.48. The van der Waals surface area contributed by atoms with Crippen molar-refractivity contribution in [2.75, 3.05) is 0 Å². The summed E-state index contributed by atoms with van der Waals surface area (Å²) in [6.07, 6.45) is 0. The van der Waals surface area contributed by atoms with E-state index < -0.39 is 0 Å². The molecular weight excluding hydrogens is 294 g/mol. The Morgan fingerprint density at radius 1 is 1.18 bits per heavy atom. The zero-order valence-electron chi connectivity index (χ0n) is 10.3. The fraction of sp³-hybridized carbons (Fsp3) is 0.286. The molecule has 2 N–H and O–H groups in total. The molecular formula is C14H16BrNS. The molecule has 0 aliphatic carbocycles. The molecule has 2 aromatic rings. The Kier molecular flexibility index (Phi) is 3.71. The van der Waals surface area contributed by atoms with Crippen molar-refractivity contribution < 1.29 is 0 Å². The number of benzene rings is 1. The van der Waals surface area contributed by atoms with E-state index in [2.05, 4.69) is 61.0 Å². The molecule has 0 saturated heterocycles. The van der Waals surface area contributed by atoms with Gasteiger partial charge in [-0.05, 0) is 59.5 Å². The number of hydrogen-bond donors (Lipinski definition) is 1. The van der Waals surface area contributed by atoms with E-state index in [4.69, 9.17) is 5.73 Å². The molecule has 1 nitrogen and oxygen atoms in total. The summed E-state index contributed by atoms with van der Waals surface area (Å²) in [5, 5.41) is 0. The van der Waals surface area contributed by atoms with Crippen LogP contribution in [-0.4, -0.2) is 0 Å². The summed E-state index contributed by atoms with van der Waals surface area (Å²) in [7, 11) is 0. The number of aryl methyl sites for hydroxylation is 3. The van der Waals surface area contributed by atoms with Crippen LogP contribution >= 0.6 is 27.3 Å². The lowest BCUT2D eigenvalue weighted by Gasteiger charge is -2.16. The first kappa shape index (κ1) is 12.8. The van der Waals surface area contributed by atoms with Gasteiger partial charge in [0.15, 0.2) is 0 Å². The summed E-state index contributed by atoms with van der Waals surface area (Å²) < 4.78 is 1.12. The SMILES string of the molecule is Cc1cc(Br)c(C(N)c2c(C)cccc2C)s1. The third-order valence-electron chi connectivity index (χ3n) is 2.97. The number of halogens is 1. The molecule has 0 bridgehead atoms. The molecule has 0 amide bonds. The molecule has 3 heteroatoms. The molecule has 1 aromatic heterocycles. The van der Waals surface area contributed by atoms with E-state index in [1.165, 1.54) is 26.4 Å². The quantitative estimate of drug-likeness (QED) is 0.869. The molecule has 1 unspecified atom stereocenters. The van der Waals surface area contributed by atoms with Gasteiger partial charge in [-0.15, -0.1) is 11.3 Å². The van der Waals surface area contributed by atoms with Crippen LogP contribution in [0.5, 0.6) is 0 Å². The molecule has 2 rings (SSSR count).